The second-order valence-electron chi connectivity index (χ2n) is 6.79. The lowest BCUT2D eigenvalue weighted by atomic mass is 10.0. The molecule has 2 aromatic rings. The lowest BCUT2D eigenvalue weighted by molar-refractivity contribution is -0.121. The molecule has 1 aliphatic rings. The predicted octanol–water partition coefficient (Wildman–Crippen LogP) is 3.36. The topological polar surface area (TPSA) is 67.4 Å². The van der Waals surface area contributed by atoms with Crippen LogP contribution in [0.25, 0.3) is 0 Å². The molecule has 0 aromatic heterocycles. The molecular weight excluding hydrogens is 366 g/mol. The summed E-state index contributed by atoms with van der Waals surface area (Å²) in [5.41, 5.74) is 0.755. The van der Waals surface area contributed by atoms with Gasteiger partial charge in [0.2, 0.25) is 5.91 Å². The van der Waals surface area contributed by atoms with Crippen molar-refractivity contribution in [3.05, 3.63) is 65.2 Å². The molecular formula is C21H22F2N2O3. The van der Waals surface area contributed by atoms with Crippen LogP contribution in [0, 0.1) is 17.6 Å². The van der Waals surface area contributed by atoms with Gasteiger partial charge in [-0.3, -0.25) is 9.59 Å². The quantitative estimate of drug-likeness (QED) is 0.729. The number of rotatable bonds is 8. The lowest BCUT2D eigenvalue weighted by Crippen LogP contribution is -2.34. The minimum atomic E-state index is -0.935. The Labute approximate surface area is 162 Å². The van der Waals surface area contributed by atoms with E-state index in [-0.39, 0.29) is 30.5 Å². The van der Waals surface area contributed by atoms with Crippen molar-refractivity contribution in [2.75, 3.05) is 13.7 Å². The first-order valence-electron chi connectivity index (χ1n) is 9.14. The van der Waals surface area contributed by atoms with Gasteiger partial charge in [0.1, 0.15) is 17.4 Å². The van der Waals surface area contributed by atoms with E-state index in [1.165, 1.54) is 0 Å². The summed E-state index contributed by atoms with van der Waals surface area (Å²) in [6, 6.07) is 10.2. The van der Waals surface area contributed by atoms with Crippen LogP contribution in [0.4, 0.5) is 8.78 Å². The van der Waals surface area contributed by atoms with Crippen LogP contribution in [0.2, 0.25) is 0 Å². The molecule has 1 saturated carbocycles. The number of amides is 2. The number of halogens is 2. The SMILES string of the molecule is COc1ccc(C(NC(=O)CCNC(=O)c2ccc(F)cc2F)C2CC2)cc1. The maximum atomic E-state index is 13.6. The van der Waals surface area contributed by atoms with E-state index in [1.807, 2.05) is 24.3 Å². The summed E-state index contributed by atoms with van der Waals surface area (Å²) in [7, 11) is 1.60. The first-order valence-corrected chi connectivity index (χ1v) is 9.14. The summed E-state index contributed by atoms with van der Waals surface area (Å²) in [6.07, 6.45) is 2.17. The van der Waals surface area contributed by atoms with Crippen molar-refractivity contribution in [1.29, 1.82) is 0 Å². The van der Waals surface area contributed by atoms with E-state index >= 15 is 0 Å². The Hall–Kier alpha value is -2.96. The van der Waals surface area contributed by atoms with E-state index in [1.54, 1.807) is 7.11 Å². The molecule has 0 aliphatic heterocycles. The second kappa shape index (κ2) is 8.82. The summed E-state index contributed by atoms with van der Waals surface area (Å²) in [5, 5.41) is 5.49. The molecule has 5 nitrogen and oxygen atoms in total. The van der Waals surface area contributed by atoms with Crippen LogP contribution in [0.15, 0.2) is 42.5 Å². The number of hydrogen-bond donors (Lipinski definition) is 2. The third kappa shape index (κ3) is 5.06. The third-order valence-electron chi connectivity index (χ3n) is 4.70. The van der Waals surface area contributed by atoms with Crippen LogP contribution in [-0.2, 0) is 4.79 Å². The van der Waals surface area contributed by atoms with Gasteiger partial charge >= 0.3 is 0 Å². The van der Waals surface area contributed by atoms with E-state index in [0.717, 1.165) is 36.3 Å². The van der Waals surface area contributed by atoms with Gasteiger partial charge in [0.25, 0.3) is 5.91 Å². The highest BCUT2D eigenvalue weighted by Gasteiger charge is 2.33. The Kier molecular flexibility index (Phi) is 6.23. The summed E-state index contributed by atoms with van der Waals surface area (Å²) in [6.45, 7) is 0.0570. The maximum absolute atomic E-state index is 13.6. The number of ether oxygens (including phenoxy) is 1. The fourth-order valence-electron chi connectivity index (χ4n) is 3.02. The van der Waals surface area contributed by atoms with Crippen molar-refractivity contribution < 1.29 is 23.1 Å². The van der Waals surface area contributed by atoms with Gasteiger partial charge in [-0.15, -0.1) is 0 Å². The predicted molar refractivity (Wildman–Crippen MR) is 99.9 cm³/mol. The summed E-state index contributed by atoms with van der Waals surface area (Å²) in [4.78, 5) is 24.3. The molecule has 0 radical (unpaired) electrons. The minimum absolute atomic E-state index is 0.0570. The Balaban J connectivity index is 1.51. The van der Waals surface area contributed by atoms with Crippen molar-refractivity contribution in [2.45, 2.75) is 25.3 Å². The highest BCUT2D eigenvalue weighted by Crippen LogP contribution is 2.41. The first-order chi connectivity index (χ1) is 13.5. The molecule has 1 unspecified atom stereocenters. The van der Waals surface area contributed by atoms with Crippen molar-refractivity contribution in [1.82, 2.24) is 10.6 Å². The van der Waals surface area contributed by atoms with Crippen molar-refractivity contribution in [3.63, 3.8) is 0 Å². The van der Waals surface area contributed by atoms with Gasteiger partial charge in [-0.2, -0.15) is 0 Å². The summed E-state index contributed by atoms with van der Waals surface area (Å²) in [5.74, 6) is -1.42. The van der Waals surface area contributed by atoms with E-state index in [9.17, 15) is 18.4 Å². The standard InChI is InChI=1S/C21H22F2N2O3/c1-28-16-7-4-14(5-8-16)20(13-2-3-13)25-19(26)10-11-24-21(27)17-9-6-15(22)12-18(17)23/h4-9,12-13,20H,2-3,10-11H2,1H3,(H,24,27)(H,25,26). The monoisotopic (exact) mass is 388 g/mol. The average Bonchev–Trinajstić information content (AvgIpc) is 3.51. The minimum Gasteiger partial charge on any atom is -0.497 e. The summed E-state index contributed by atoms with van der Waals surface area (Å²) >= 11 is 0. The van der Waals surface area contributed by atoms with E-state index < -0.39 is 17.5 Å². The molecule has 148 valence electrons. The normalized spacial score (nSPS) is 14.2. The van der Waals surface area contributed by atoms with Gasteiger partial charge in [-0.05, 0) is 48.6 Å². The lowest BCUT2D eigenvalue weighted by Gasteiger charge is -2.19. The fraction of sp³-hybridized carbons (Fsp3) is 0.333. The number of benzene rings is 2. The zero-order valence-corrected chi connectivity index (χ0v) is 15.5. The molecule has 2 N–H and O–H groups in total. The first kappa shape index (κ1) is 19.8. The fourth-order valence-corrected chi connectivity index (χ4v) is 3.02. The van der Waals surface area contributed by atoms with E-state index in [4.69, 9.17) is 4.74 Å². The Morgan fingerprint density at radius 1 is 1.14 bits per heavy atom. The number of nitrogens with one attached hydrogen (secondary N) is 2. The Morgan fingerprint density at radius 3 is 2.46 bits per heavy atom. The molecule has 2 aromatic carbocycles. The molecule has 0 bridgehead atoms. The van der Waals surface area contributed by atoms with Crippen LogP contribution in [0.3, 0.4) is 0 Å². The molecule has 1 aliphatic carbocycles. The molecule has 0 spiro atoms. The van der Waals surface area contributed by atoms with Crippen molar-refractivity contribution in [3.8, 4) is 5.75 Å². The highest BCUT2D eigenvalue weighted by molar-refractivity contribution is 5.94. The zero-order chi connectivity index (χ0) is 20.1. The summed E-state index contributed by atoms with van der Waals surface area (Å²) < 4.78 is 31.7. The van der Waals surface area contributed by atoms with Gasteiger partial charge in [-0.25, -0.2) is 8.78 Å². The molecule has 28 heavy (non-hydrogen) atoms. The number of hydrogen-bond acceptors (Lipinski definition) is 3. The van der Waals surface area contributed by atoms with E-state index in [2.05, 4.69) is 10.6 Å². The van der Waals surface area contributed by atoms with Crippen LogP contribution in [0.1, 0.15) is 41.2 Å². The van der Waals surface area contributed by atoms with E-state index in [0.29, 0.717) is 12.0 Å². The van der Waals surface area contributed by atoms with Crippen LogP contribution in [-0.4, -0.2) is 25.5 Å². The molecule has 1 fully saturated rings. The van der Waals surface area contributed by atoms with Crippen LogP contribution < -0.4 is 15.4 Å². The average molecular weight is 388 g/mol. The van der Waals surface area contributed by atoms with Gasteiger partial charge in [0.05, 0.1) is 18.7 Å². The van der Waals surface area contributed by atoms with Crippen LogP contribution >= 0.6 is 0 Å². The van der Waals surface area contributed by atoms with Gasteiger partial charge in [-0.1, -0.05) is 12.1 Å². The van der Waals surface area contributed by atoms with Crippen molar-refractivity contribution >= 4 is 11.8 Å². The molecule has 1 atom stereocenters. The molecule has 2 amide bonds. The van der Waals surface area contributed by atoms with Crippen LogP contribution in [0.5, 0.6) is 5.75 Å². The second-order valence-corrected chi connectivity index (χ2v) is 6.79. The maximum Gasteiger partial charge on any atom is 0.254 e. The Morgan fingerprint density at radius 2 is 1.86 bits per heavy atom. The number of methoxy groups -OCH3 is 1. The smallest absolute Gasteiger partial charge is 0.254 e. The third-order valence-corrected chi connectivity index (χ3v) is 4.70. The largest absolute Gasteiger partial charge is 0.497 e. The molecule has 0 saturated heterocycles. The molecule has 0 heterocycles. The van der Waals surface area contributed by atoms with Gasteiger partial charge < -0.3 is 15.4 Å². The highest BCUT2D eigenvalue weighted by atomic mass is 19.1. The zero-order valence-electron chi connectivity index (χ0n) is 15.5. The number of carbonyl (C=O) groups is 2. The Bertz CT molecular complexity index is 851. The van der Waals surface area contributed by atoms with Crippen molar-refractivity contribution in [2.24, 2.45) is 5.92 Å². The molecule has 7 heteroatoms. The number of carbonyl (C=O) groups excluding carboxylic acids is 2. The van der Waals surface area contributed by atoms with Gasteiger partial charge in [0, 0.05) is 19.0 Å². The molecule has 3 rings (SSSR count). The van der Waals surface area contributed by atoms with Gasteiger partial charge in [0.15, 0.2) is 0 Å².